The van der Waals surface area contributed by atoms with Crippen LogP contribution in [0.25, 0.3) is 0 Å². The molecule has 18 heavy (non-hydrogen) atoms. The van der Waals surface area contributed by atoms with Crippen LogP contribution in [0.3, 0.4) is 0 Å². The first-order valence-corrected chi connectivity index (χ1v) is 7.05. The van der Waals surface area contributed by atoms with Gasteiger partial charge in [-0.05, 0) is 46.6 Å². The van der Waals surface area contributed by atoms with E-state index in [1.54, 1.807) is 12.3 Å². The fourth-order valence-corrected chi connectivity index (χ4v) is 2.22. The minimum absolute atomic E-state index is 0.0346. The van der Waals surface area contributed by atoms with Crippen molar-refractivity contribution in [2.24, 2.45) is 0 Å². The highest BCUT2D eigenvalue weighted by atomic mass is 79.9. The Labute approximate surface area is 122 Å². The van der Waals surface area contributed by atoms with Crippen LogP contribution in [0, 0.1) is 0 Å². The number of carbonyl (C=O) groups excluding carboxylic acids is 1. The van der Waals surface area contributed by atoms with E-state index in [0.717, 1.165) is 14.5 Å². The predicted molar refractivity (Wildman–Crippen MR) is 78.5 cm³/mol. The molecule has 0 saturated carbocycles. The van der Waals surface area contributed by atoms with E-state index in [2.05, 4.69) is 42.2 Å². The van der Waals surface area contributed by atoms with Gasteiger partial charge in [-0.2, -0.15) is 0 Å². The molecule has 0 unspecified atom stereocenters. The Morgan fingerprint density at radius 3 is 2.44 bits per heavy atom. The minimum atomic E-state index is -0.115. The fraction of sp³-hybridized carbons (Fsp3) is 0.154. The Hall–Kier alpha value is -1.07. The lowest BCUT2D eigenvalue weighted by Crippen LogP contribution is -2.26. The first-order valence-electron chi connectivity index (χ1n) is 5.46. The summed E-state index contributed by atoms with van der Waals surface area (Å²) >= 11 is 6.69. The SMILES string of the molecule is C[C@H](NC(=O)c1cc(Br)c[nH]1)c1ccc(Br)cc1. The van der Waals surface area contributed by atoms with Crippen molar-refractivity contribution in [3.8, 4) is 0 Å². The topological polar surface area (TPSA) is 44.9 Å². The van der Waals surface area contributed by atoms with E-state index in [1.807, 2.05) is 31.2 Å². The molecule has 94 valence electrons. The molecule has 1 aromatic carbocycles. The summed E-state index contributed by atoms with van der Waals surface area (Å²) in [5, 5.41) is 2.94. The Balaban J connectivity index is 2.05. The lowest BCUT2D eigenvalue weighted by molar-refractivity contribution is 0.0935. The monoisotopic (exact) mass is 370 g/mol. The molecule has 0 bridgehead atoms. The van der Waals surface area contributed by atoms with Crippen molar-refractivity contribution in [1.29, 1.82) is 0 Å². The van der Waals surface area contributed by atoms with E-state index in [0.29, 0.717) is 5.69 Å². The zero-order valence-corrected chi connectivity index (χ0v) is 12.9. The summed E-state index contributed by atoms with van der Waals surface area (Å²) in [6, 6.07) is 9.61. The van der Waals surface area contributed by atoms with E-state index in [-0.39, 0.29) is 11.9 Å². The van der Waals surface area contributed by atoms with Gasteiger partial charge in [-0.15, -0.1) is 0 Å². The van der Waals surface area contributed by atoms with Crippen LogP contribution >= 0.6 is 31.9 Å². The van der Waals surface area contributed by atoms with Crippen molar-refractivity contribution >= 4 is 37.8 Å². The molecule has 1 heterocycles. The molecule has 2 rings (SSSR count). The van der Waals surface area contributed by atoms with Crippen molar-refractivity contribution in [3.63, 3.8) is 0 Å². The predicted octanol–water partition coefficient (Wildman–Crippen LogP) is 4.03. The van der Waals surface area contributed by atoms with E-state index < -0.39 is 0 Å². The van der Waals surface area contributed by atoms with E-state index in [9.17, 15) is 4.79 Å². The van der Waals surface area contributed by atoms with Gasteiger partial charge in [0.2, 0.25) is 0 Å². The number of hydrogen-bond donors (Lipinski definition) is 2. The number of aromatic nitrogens is 1. The van der Waals surface area contributed by atoms with Gasteiger partial charge < -0.3 is 10.3 Å². The third-order valence-electron chi connectivity index (χ3n) is 2.61. The lowest BCUT2D eigenvalue weighted by Gasteiger charge is -2.13. The molecule has 1 aromatic heterocycles. The summed E-state index contributed by atoms with van der Waals surface area (Å²) in [5.41, 5.74) is 1.61. The second-order valence-electron chi connectivity index (χ2n) is 3.98. The summed E-state index contributed by atoms with van der Waals surface area (Å²) in [6.07, 6.45) is 1.74. The van der Waals surface area contributed by atoms with E-state index in [4.69, 9.17) is 0 Å². The van der Waals surface area contributed by atoms with Gasteiger partial charge in [0.05, 0.1) is 6.04 Å². The van der Waals surface area contributed by atoms with Gasteiger partial charge >= 0.3 is 0 Å². The summed E-state index contributed by atoms with van der Waals surface area (Å²) < 4.78 is 1.89. The molecule has 2 N–H and O–H groups in total. The van der Waals surface area contributed by atoms with Crippen LogP contribution in [0.1, 0.15) is 29.0 Å². The molecule has 0 aliphatic carbocycles. The zero-order chi connectivity index (χ0) is 13.1. The number of H-pyrrole nitrogens is 1. The molecule has 0 radical (unpaired) electrons. The normalized spacial score (nSPS) is 12.2. The van der Waals surface area contributed by atoms with Crippen molar-refractivity contribution in [2.45, 2.75) is 13.0 Å². The van der Waals surface area contributed by atoms with Crippen molar-refractivity contribution in [1.82, 2.24) is 10.3 Å². The summed E-state index contributed by atoms with van der Waals surface area (Å²) in [4.78, 5) is 14.8. The number of hydrogen-bond acceptors (Lipinski definition) is 1. The number of amides is 1. The van der Waals surface area contributed by atoms with Crippen LogP contribution in [-0.4, -0.2) is 10.9 Å². The molecule has 0 aliphatic rings. The Kier molecular flexibility index (Phi) is 4.24. The molecular weight excluding hydrogens is 360 g/mol. The van der Waals surface area contributed by atoms with E-state index in [1.165, 1.54) is 0 Å². The summed E-state index contributed by atoms with van der Waals surface area (Å²) in [7, 11) is 0. The van der Waals surface area contributed by atoms with Crippen LogP contribution in [0.2, 0.25) is 0 Å². The van der Waals surface area contributed by atoms with Crippen molar-refractivity contribution in [2.75, 3.05) is 0 Å². The zero-order valence-electron chi connectivity index (χ0n) is 9.71. The van der Waals surface area contributed by atoms with Gasteiger partial charge in [0, 0.05) is 15.1 Å². The van der Waals surface area contributed by atoms with Crippen molar-refractivity contribution < 1.29 is 4.79 Å². The number of aromatic amines is 1. The average Bonchev–Trinajstić information content (AvgIpc) is 2.76. The van der Waals surface area contributed by atoms with Crippen LogP contribution in [-0.2, 0) is 0 Å². The maximum absolute atomic E-state index is 11.9. The van der Waals surface area contributed by atoms with Gasteiger partial charge in [0.1, 0.15) is 5.69 Å². The number of halogens is 2. The number of carbonyl (C=O) groups is 1. The van der Waals surface area contributed by atoms with E-state index >= 15 is 0 Å². The molecule has 0 saturated heterocycles. The first kappa shape index (κ1) is 13.4. The third-order valence-corrected chi connectivity index (χ3v) is 3.60. The quantitative estimate of drug-likeness (QED) is 0.840. The average molecular weight is 372 g/mol. The molecule has 3 nitrogen and oxygen atoms in total. The van der Waals surface area contributed by atoms with Crippen LogP contribution in [0.5, 0.6) is 0 Å². The Morgan fingerprint density at radius 1 is 1.22 bits per heavy atom. The molecule has 0 aliphatic heterocycles. The summed E-state index contributed by atoms with van der Waals surface area (Å²) in [5.74, 6) is -0.115. The largest absolute Gasteiger partial charge is 0.356 e. The summed E-state index contributed by atoms with van der Waals surface area (Å²) in [6.45, 7) is 1.96. The van der Waals surface area contributed by atoms with Gasteiger partial charge in [0.25, 0.3) is 5.91 Å². The highest BCUT2D eigenvalue weighted by molar-refractivity contribution is 9.10. The van der Waals surface area contributed by atoms with Crippen LogP contribution < -0.4 is 5.32 Å². The molecule has 1 amide bonds. The van der Waals surface area contributed by atoms with Gasteiger partial charge in [-0.3, -0.25) is 4.79 Å². The minimum Gasteiger partial charge on any atom is -0.356 e. The number of benzene rings is 1. The van der Waals surface area contributed by atoms with Gasteiger partial charge in [-0.25, -0.2) is 0 Å². The molecule has 5 heteroatoms. The molecular formula is C13H12Br2N2O. The van der Waals surface area contributed by atoms with Gasteiger partial charge in [-0.1, -0.05) is 28.1 Å². The van der Waals surface area contributed by atoms with Crippen LogP contribution in [0.4, 0.5) is 0 Å². The van der Waals surface area contributed by atoms with Crippen molar-refractivity contribution in [3.05, 3.63) is 56.7 Å². The maximum Gasteiger partial charge on any atom is 0.268 e. The molecule has 0 fully saturated rings. The Bertz CT molecular complexity index is 548. The standard InChI is InChI=1S/C13H12Br2N2O/c1-8(9-2-4-10(14)5-3-9)17-13(18)12-6-11(15)7-16-12/h2-8,16H,1H3,(H,17,18)/t8-/m0/s1. The first-order chi connectivity index (χ1) is 8.56. The smallest absolute Gasteiger partial charge is 0.268 e. The molecule has 1 atom stereocenters. The number of nitrogens with one attached hydrogen (secondary N) is 2. The molecule has 2 aromatic rings. The molecule has 0 spiro atoms. The second-order valence-corrected chi connectivity index (χ2v) is 5.81. The number of rotatable bonds is 3. The van der Waals surface area contributed by atoms with Gasteiger partial charge in [0.15, 0.2) is 0 Å². The highest BCUT2D eigenvalue weighted by Gasteiger charge is 2.12. The third kappa shape index (κ3) is 3.23. The Morgan fingerprint density at radius 2 is 1.89 bits per heavy atom. The highest BCUT2D eigenvalue weighted by Crippen LogP contribution is 2.17. The maximum atomic E-state index is 11.9. The fourth-order valence-electron chi connectivity index (χ4n) is 1.61. The van der Waals surface area contributed by atoms with Crippen LogP contribution in [0.15, 0.2) is 45.5 Å². The lowest BCUT2D eigenvalue weighted by atomic mass is 10.1. The second kappa shape index (κ2) is 5.71.